The van der Waals surface area contributed by atoms with E-state index in [1.807, 2.05) is 0 Å². The number of methoxy groups -OCH3 is 1. The van der Waals surface area contributed by atoms with Crippen molar-refractivity contribution in [2.24, 2.45) is 22.1 Å². The first-order chi connectivity index (χ1) is 8.02. The van der Waals surface area contributed by atoms with E-state index in [4.69, 9.17) is 9.47 Å². The lowest BCUT2D eigenvalue weighted by Gasteiger charge is -2.37. The van der Waals surface area contributed by atoms with Crippen LogP contribution in [0, 0.1) is 11.8 Å². The summed E-state index contributed by atoms with van der Waals surface area (Å²) in [6, 6.07) is 0. The number of azo groups is 1. The van der Waals surface area contributed by atoms with Crippen LogP contribution in [0.5, 0.6) is 0 Å². The standard InChI is InChI=1S/C11H18N2O4/c1-10(16-2)12-13-11(17-10)6-4-3-5-7(11)9(15)8(6)14/h6-9,14-15H,3-5H2,1-2H3/t6-,7+,8-,9+,10?,11?. The summed E-state index contributed by atoms with van der Waals surface area (Å²) in [6.07, 6.45) is 1.02. The van der Waals surface area contributed by atoms with Gasteiger partial charge in [-0.1, -0.05) is 6.42 Å². The third-order valence-electron chi connectivity index (χ3n) is 4.39. The molecule has 2 fully saturated rings. The molecule has 2 unspecified atom stereocenters. The molecular weight excluding hydrogens is 224 g/mol. The number of aliphatic hydroxyl groups excluding tert-OH is 2. The summed E-state index contributed by atoms with van der Waals surface area (Å²) in [5.74, 6) is -1.45. The lowest BCUT2D eigenvalue weighted by molar-refractivity contribution is -0.263. The molecular formula is C11H18N2O4. The molecule has 17 heavy (non-hydrogen) atoms. The molecule has 6 atom stereocenters. The maximum atomic E-state index is 10.1. The summed E-state index contributed by atoms with van der Waals surface area (Å²) in [7, 11) is 1.51. The van der Waals surface area contributed by atoms with Crippen LogP contribution in [0.1, 0.15) is 26.2 Å². The highest BCUT2D eigenvalue weighted by molar-refractivity contribution is 5.11. The maximum absolute atomic E-state index is 10.1. The van der Waals surface area contributed by atoms with Gasteiger partial charge in [0.05, 0.1) is 12.2 Å². The van der Waals surface area contributed by atoms with Crippen molar-refractivity contribution in [1.29, 1.82) is 0 Å². The molecule has 1 spiro atoms. The summed E-state index contributed by atoms with van der Waals surface area (Å²) in [5, 5.41) is 28.4. The van der Waals surface area contributed by atoms with Crippen molar-refractivity contribution in [3.05, 3.63) is 0 Å². The van der Waals surface area contributed by atoms with E-state index in [1.54, 1.807) is 6.92 Å². The summed E-state index contributed by atoms with van der Waals surface area (Å²) >= 11 is 0. The Labute approximate surface area is 99.6 Å². The Balaban J connectivity index is 1.97. The number of rotatable bonds is 1. The second kappa shape index (κ2) is 3.47. The van der Waals surface area contributed by atoms with Gasteiger partial charge in [0.1, 0.15) is 0 Å². The Morgan fingerprint density at radius 3 is 2.24 bits per heavy atom. The second-order valence-electron chi connectivity index (χ2n) is 5.28. The Morgan fingerprint density at radius 1 is 1.18 bits per heavy atom. The molecule has 2 aliphatic carbocycles. The molecule has 3 aliphatic rings. The molecule has 0 radical (unpaired) electrons. The molecule has 0 amide bonds. The van der Waals surface area contributed by atoms with Crippen molar-refractivity contribution >= 4 is 0 Å². The summed E-state index contributed by atoms with van der Waals surface area (Å²) in [5.41, 5.74) is -0.887. The number of aliphatic hydroxyl groups is 2. The Kier molecular flexibility index (Phi) is 2.36. The molecule has 2 bridgehead atoms. The molecule has 0 aromatic heterocycles. The van der Waals surface area contributed by atoms with Gasteiger partial charge in [0.2, 0.25) is 0 Å². The van der Waals surface area contributed by atoms with Crippen molar-refractivity contribution in [3.8, 4) is 0 Å². The first kappa shape index (κ1) is 11.5. The third kappa shape index (κ3) is 1.35. The van der Waals surface area contributed by atoms with E-state index in [1.165, 1.54) is 7.11 Å². The summed E-state index contributed by atoms with van der Waals surface area (Å²) in [6.45, 7) is 1.69. The van der Waals surface area contributed by atoms with Gasteiger partial charge in [0, 0.05) is 25.9 Å². The van der Waals surface area contributed by atoms with E-state index in [9.17, 15) is 10.2 Å². The van der Waals surface area contributed by atoms with Gasteiger partial charge in [-0.3, -0.25) is 4.74 Å². The minimum atomic E-state index is -1.09. The van der Waals surface area contributed by atoms with Gasteiger partial charge in [-0.15, -0.1) is 5.11 Å². The molecule has 0 aromatic carbocycles. The molecule has 1 aliphatic heterocycles. The zero-order valence-corrected chi connectivity index (χ0v) is 10.0. The normalized spacial score (nSPS) is 56.9. The van der Waals surface area contributed by atoms with Gasteiger partial charge in [0.25, 0.3) is 5.91 Å². The first-order valence-corrected chi connectivity index (χ1v) is 6.08. The van der Waals surface area contributed by atoms with Crippen molar-refractivity contribution in [2.45, 2.75) is 50.0 Å². The molecule has 3 rings (SSSR count). The van der Waals surface area contributed by atoms with E-state index >= 15 is 0 Å². The number of ether oxygens (including phenoxy) is 2. The summed E-state index contributed by atoms with van der Waals surface area (Å²) in [4.78, 5) is 0. The van der Waals surface area contributed by atoms with Gasteiger partial charge in [-0.25, -0.2) is 0 Å². The molecule has 6 heteroatoms. The zero-order chi connectivity index (χ0) is 12.3. The van der Waals surface area contributed by atoms with Gasteiger partial charge < -0.3 is 14.9 Å². The Morgan fingerprint density at radius 2 is 1.76 bits per heavy atom. The monoisotopic (exact) mass is 242 g/mol. The summed E-state index contributed by atoms with van der Waals surface area (Å²) < 4.78 is 11.1. The smallest absolute Gasteiger partial charge is 0.286 e. The average Bonchev–Trinajstić information content (AvgIpc) is 2.69. The highest BCUT2D eigenvalue weighted by atomic mass is 16.7. The number of nitrogens with zero attached hydrogens (tertiary/aromatic N) is 2. The topological polar surface area (TPSA) is 83.6 Å². The number of hydrogen-bond acceptors (Lipinski definition) is 6. The van der Waals surface area contributed by atoms with Crippen molar-refractivity contribution < 1.29 is 19.7 Å². The minimum Gasteiger partial charge on any atom is -0.390 e. The van der Waals surface area contributed by atoms with Gasteiger partial charge in [-0.2, -0.15) is 5.11 Å². The Hall–Kier alpha value is -0.560. The van der Waals surface area contributed by atoms with Crippen molar-refractivity contribution in [3.63, 3.8) is 0 Å². The fraction of sp³-hybridized carbons (Fsp3) is 1.00. The highest BCUT2D eigenvalue weighted by Gasteiger charge is 2.67. The predicted molar refractivity (Wildman–Crippen MR) is 56.9 cm³/mol. The first-order valence-electron chi connectivity index (χ1n) is 6.08. The average molecular weight is 242 g/mol. The molecule has 0 saturated heterocycles. The zero-order valence-electron chi connectivity index (χ0n) is 10.0. The molecule has 6 nitrogen and oxygen atoms in total. The second-order valence-corrected chi connectivity index (χ2v) is 5.28. The van der Waals surface area contributed by atoms with E-state index in [0.717, 1.165) is 19.3 Å². The number of hydrogen-bond donors (Lipinski definition) is 2. The largest absolute Gasteiger partial charge is 0.390 e. The van der Waals surface area contributed by atoms with E-state index < -0.39 is 23.8 Å². The van der Waals surface area contributed by atoms with Crippen LogP contribution >= 0.6 is 0 Å². The van der Waals surface area contributed by atoms with Gasteiger partial charge in [-0.05, 0) is 12.8 Å². The Bertz CT molecular complexity index is 345. The molecule has 2 N–H and O–H groups in total. The van der Waals surface area contributed by atoms with Crippen molar-refractivity contribution in [2.75, 3.05) is 7.11 Å². The quantitative estimate of drug-likeness (QED) is 0.706. The van der Waals surface area contributed by atoms with Crippen LogP contribution in [0.3, 0.4) is 0 Å². The van der Waals surface area contributed by atoms with Crippen LogP contribution in [-0.2, 0) is 9.47 Å². The third-order valence-corrected chi connectivity index (χ3v) is 4.39. The van der Waals surface area contributed by atoms with E-state index in [0.29, 0.717) is 0 Å². The fourth-order valence-corrected chi connectivity index (χ4v) is 3.45. The minimum absolute atomic E-state index is 0.183. The van der Waals surface area contributed by atoms with Gasteiger partial charge >= 0.3 is 0 Å². The maximum Gasteiger partial charge on any atom is 0.286 e. The van der Waals surface area contributed by atoms with Crippen LogP contribution in [0.4, 0.5) is 0 Å². The molecule has 1 heterocycles. The molecule has 96 valence electrons. The highest BCUT2D eigenvalue weighted by Crippen LogP contribution is 2.56. The lowest BCUT2D eigenvalue weighted by Crippen LogP contribution is -2.47. The fourth-order valence-electron chi connectivity index (χ4n) is 3.45. The van der Waals surface area contributed by atoms with Crippen LogP contribution in [0.25, 0.3) is 0 Å². The van der Waals surface area contributed by atoms with E-state index in [-0.39, 0.29) is 11.8 Å². The van der Waals surface area contributed by atoms with Crippen LogP contribution < -0.4 is 0 Å². The lowest BCUT2D eigenvalue weighted by atomic mass is 9.80. The predicted octanol–water partition coefficient (Wildman–Crippen LogP) is 0.637. The SMILES string of the molecule is COC1(C)N=NC2(O1)[C@@H]1CCC[C@H]2[C@H](O)[C@@H]1O. The van der Waals surface area contributed by atoms with Crippen molar-refractivity contribution in [1.82, 2.24) is 0 Å². The van der Waals surface area contributed by atoms with Crippen LogP contribution in [0.15, 0.2) is 10.2 Å². The molecule has 2 saturated carbocycles. The van der Waals surface area contributed by atoms with Crippen LogP contribution in [0.2, 0.25) is 0 Å². The van der Waals surface area contributed by atoms with E-state index in [2.05, 4.69) is 10.2 Å². The van der Waals surface area contributed by atoms with Gasteiger partial charge in [0.15, 0.2) is 5.72 Å². The molecule has 0 aromatic rings. The van der Waals surface area contributed by atoms with Crippen LogP contribution in [-0.4, -0.2) is 41.2 Å².